The third kappa shape index (κ3) is 7.78. The van der Waals surface area contributed by atoms with Gasteiger partial charge in [0.05, 0.1) is 5.03 Å². The predicted octanol–water partition coefficient (Wildman–Crippen LogP) is 2.72. The minimum absolute atomic E-state index is 0.281. The van der Waals surface area contributed by atoms with Gasteiger partial charge >= 0.3 is 5.97 Å². The van der Waals surface area contributed by atoms with Gasteiger partial charge in [-0.25, -0.2) is 9.78 Å². The molecule has 1 aromatic heterocycles. The molecule has 0 saturated carbocycles. The van der Waals surface area contributed by atoms with Crippen molar-refractivity contribution in [2.75, 3.05) is 5.75 Å². The van der Waals surface area contributed by atoms with Crippen LogP contribution in [0.4, 0.5) is 0 Å². The van der Waals surface area contributed by atoms with E-state index in [1.165, 1.54) is 11.8 Å². The van der Waals surface area contributed by atoms with Gasteiger partial charge in [0, 0.05) is 24.8 Å². The molecular weight excluding hydrogens is 276 g/mol. The molecule has 0 aliphatic heterocycles. The fraction of sp³-hybridized carbons (Fsp3) is 0.500. The van der Waals surface area contributed by atoms with Crippen LogP contribution in [0.25, 0.3) is 0 Å². The maximum Gasteiger partial charge on any atom is 0.332 e. The number of hydrogen-bond donors (Lipinski definition) is 1. The second-order valence-corrected chi connectivity index (χ2v) is 5.34. The molecule has 0 spiro atoms. The standard InChI is InChI=1S/C14H20N2O3S/c1-2-3-4-8-14(18)19-16-12(17)9-11-20-13-7-5-6-10-15-13/h5-7,10H,2-4,8-9,11H2,1H3,(H,16,17). The lowest BCUT2D eigenvalue weighted by Gasteiger charge is -2.05. The molecule has 110 valence electrons. The number of pyridine rings is 1. The molecule has 1 rings (SSSR count). The molecule has 1 N–H and O–H groups in total. The molecule has 0 bridgehead atoms. The highest BCUT2D eigenvalue weighted by atomic mass is 32.2. The van der Waals surface area contributed by atoms with Crippen molar-refractivity contribution in [3.63, 3.8) is 0 Å². The van der Waals surface area contributed by atoms with Gasteiger partial charge < -0.3 is 4.84 Å². The van der Waals surface area contributed by atoms with E-state index in [0.717, 1.165) is 24.3 Å². The summed E-state index contributed by atoms with van der Waals surface area (Å²) in [6, 6.07) is 5.62. The summed E-state index contributed by atoms with van der Waals surface area (Å²) >= 11 is 1.49. The van der Waals surface area contributed by atoms with Gasteiger partial charge in [0.1, 0.15) is 0 Å². The number of amides is 1. The van der Waals surface area contributed by atoms with Crippen LogP contribution in [0.5, 0.6) is 0 Å². The van der Waals surface area contributed by atoms with Gasteiger partial charge in [0.25, 0.3) is 5.91 Å². The first-order chi connectivity index (χ1) is 9.72. The minimum Gasteiger partial charge on any atom is -0.341 e. The molecule has 0 unspecified atom stereocenters. The Kier molecular flexibility index (Phi) is 8.46. The number of nitrogens with zero attached hydrogens (tertiary/aromatic N) is 1. The summed E-state index contributed by atoms with van der Waals surface area (Å²) in [5.41, 5.74) is 2.17. The molecule has 0 atom stereocenters. The van der Waals surface area contributed by atoms with Crippen LogP contribution in [0, 0.1) is 0 Å². The average molecular weight is 296 g/mol. The fourth-order valence-electron chi connectivity index (χ4n) is 1.42. The monoisotopic (exact) mass is 296 g/mol. The lowest BCUT2D eigenvalue weighted by atomic mass is 10.2. The summed E-state index contributed by atoms with van der Waals surface area (Å²) in [6.45, 7) is 2.06. The van der Waals surface area contributed by atoms with E-state index in [9.17, 15) is 9.59 Å². The largest absolute Gasteiger partial charge is 0.341 e. The first-order valence-electron chi connectivity index (χ1n) is 6.74. The quantitative estimate of drug-likeness (QED) is 0.454. The Morgan fingerprint density at radius 2 is 2.15 bits per heavy atom. The number of carbonyl (C=O) groups excluding carboxylic acids is 2. The van der Waals surface area contributed by atoms with E-state index >= 15 is 0 Å². The summed E-state index contributed by atoms with van der Waals surface area (Å²) in [4.78, 5) is 31.5. The van der Waals surface area contributed by atoms with Crippen LogP contribution in [-0.2, 0) is 14.4 Å². The minimum atomic E-state index is -0.385. The van der Waals surface area contributed by atoms with Gasteiger partial charge in [-0.1, -0.05) is 25.8 Å². The van der Waals surface area contributed by atoms with Gasteiger partial charge in [0.15, 0.2) is 0 Å². The van der Waals surface area contributed by atoms with Crippen LogP contribution < -0.4 is 5.48 Å². The third-order valence-corrected chi connectivity index (χ3v) is 3.43. The molecule has 0 saturated heterocycles. The highest BCUT2D eigenvalue weighted by Crippen LogP contribution is 2.14. The van der Waals surface area contributed by atoms with Crippen molar-refractivity contribution in [3.8, 4) is 0 Å². The van der Waals surface area contributed by atoms with Crippen LogP contribution in [-0.4, -0.2) is 22.6 Å². The van der Waals surface area contributed by atoms with Crippen LogP contribution in [0.1, 0.15) is 39.0 Å². The molecule has 0 radical (unpaired) electrons. The lowest BCUT2D eigenvalue weighted by molar-refractivity contribution is -0.158. The zero-order valence-corrected chi connectivity index (χ0v) is 12.4. The number of carbonyl (C=O) groups is 2. The van der Waals surface area contributed by atoms with Gasteiger partial charge in [-0.2, -0.15) is 5.48 Å². The van der Waals surface area contributed by atoms with Crippen molar-refractivity contribution >= 4 is 23.6 Å². The summed E-state index contributed by atoms with van der Waals surface area (Å²) in [5, 5.41) is 0.872. The van der Waals surface area contributed by atoms with E-state index in [2.05, 4.69) is 22.2 Å². The molecule has 0 fully saturated rings. The first-order valence-corrected chi connectivity index (χ1v) is 7.73. The number of unbranched alkanes of at least 4 members (excludes halogenated alkanes) is 2. The van der Waals surface area contributed by atoms with Gasteiger partial charge in [-0.05, 0) is 18.6 Å². The maximum atomic E-state index is 11.4. The Labute approximate surface area is 123 Å². The van der Waals surface area contributed by atoms with Crippen LogP contribution in [0.15, 0.2) is 29.4 Å². The molecule has 5 nitrogen and oxygen atoms in total. The number of hydrogen-bond acceptors (Lipinski definition) is 5. The first kappa shape index (κ1) is 16.5. The van der Waals surface area contributed by atoms with Crippen molar-refractivity contribution in [1.82, 2.24) is 10.5 Å². The van der Waals surface area contributed by atoms with Crippen LogP contribution >= 0.6 is 11.8 Å². The molecule has 1 heterocycles. The summed E-state index contributed by atoms with van der Waals surface area (Å²) in [7, 11) is 0. The Morgan fingerprint density at radius 1 is 1.30 bits per heavy atom. The summed E-state index contributed by atoms with van der Waals surface area (Å²) in [6.07, 6.45) is 5.16. The van der Waals surface area contributed by atoms with Crippen molar-refractivity contribution in [1.29, 1.82) is 0 Å². The van der Waals surface area contributed by atoms with Crippen molar-refractivity contribution in [2.45, 2.75) is 44.1 Å². The highest BCUT2D eigenvalue weighted by Gasteiger charge is 2.07. The summed E-state index contributed by atoms with van der Waals surface area (Å²) in [5.74, 6) is -0.0857. The zero-order valence-electron chi connectivity index (χ0n) is 11.6. The average Bonchev–Trinajstić information content (AvgIpc) is 2.46. The lowest BCUT2D eigenvalue weighted by Crippen LogP contribution is -2.27. The van der Waals surface area contributed by atoms with Crippen LogP contribution in [0.3, 0.4) is 0 Å². The van der Waals surface area contributed by atoms with Crippen LogP contribution in [0.2, 0.25) is 0 Å². The normalized spacial score (nSPS) is 10.1. The van der Waals surface area contributed by atoms with Crippen molar-refractivity contribution in [3.05, 3.63) is 24.4 Å². The Morgan fingerprint density at radius 3 is 2.85 bits per heavy atom. The second-order valence-electron chi connectivity index (χ2n) is 4.22. The zero-order chi connectivity index (χ0) is 14.6. The molecular formula is C14H20N2O3S. The maximum absolute atomic E-state index is 11.4. The molecule has 6 heteroatoms. The van der Waals surface area contributed by atoms with E-state index < -0.39 is 0 Å². The molecule has 0 aliphatic carbocycles. The van der Waals surface area contributed by atoms with Gasteiger partial charge in [-0.15, -0.1) is 11.8 Å². The number of aromatic nitrogens is 1. The number of hydroxylamine groups is 1. The number of rotatable bonds is 8. The SMILES string of the molecule is CCCCCC(=O)ONC(=O)CCSc1ccccn1. The number of nitrogens with one attached hydrogen (secondary N) is 1. The van der Waals surface area contributed by atoms with E-state index in [0.29, 0.717) is 12.2 Å². The van der Waals surface area contributed by atoms with Crippen molar-refractivity contribution < 1.29 is 14.4 Å². The topological polar surface area (TPSA) is 68.3 Å². The highest BCUT2D eigenvalue weighted by molar-refractivity contribution is 7.99. The smallest absolute Gasteiger partial charge is 0.332 e. The Hall–Kier alpha value is -1.56. The van der Waals surface area contributed by atoms with Gasteiger partial charge in [-0.3, -0.25) is 4.79 Å². The predicted molar refractivity (Wildman–Crippen MR) is 78.0 cm³/mol. The van der Waals surface area contributed by atoms with Gasteiger partial charge in [0.2, 0.25) is 0 Å². The molecule has 0 aromatic carbocycles. The van der Waals surface area contributed by atoms with Crippen molar-refractivity contribution in [2.24, 2.45) is 0 Å². The number of thioether (sulfide) groups is 1. The third-order valence-electron chi connectivity index (χ3n) is 2.48. The molecule has 1 aromatic rings. The van der Waals surface area contributed by atoms with E-state index in [1.807, 2.05) is 18.2 Å². The second kappa shape index (κ2) is 10.3. The van der Waals surface area contributed by atoms with E-state index in [1.54, 1.807) is 6.20 Å². The Balaban J connectivity index is 2.07. The van der Waals surface area contributed by atoms with E-state index in [-0.39, 0.29) is 18.3 Å². The molecule has 20 heavy (non-hydrogen) atoms. The summed E-state index contributed by atoms with van der Waals surface area (Å²) < 4.78 is 0. The van der Waals surface area contributed by atoms with E-state index in [4.69, 9.17) is 0 Å². The fourth-order valence-corrected chi connectivity index (χ4v) is 2.22. The molecule has 1 amide bonds. The Bertz CT molecular complexity index is 412. The molecule has 0 aliphatic rings.